The normalized spacial score (nSPS) is 20.5. The van der Waals surface area contributed by atoms with Gasteiger partial charge in [-0.1, -0.05) is 0 Å². The molecule has 4 rings (SSSR count). The van der Waals surface area contributed by atoms with Gasteiger partial charge in [0.2, 0.25) is 5.91 Å². The van der Waals surface area contributed by atoms with Gasteiger partial charge in [0.25, 0.3) is 0 Å². The summed E-state index contributed by atoms with van der Waals surface area (Å²) in [6, 6.07) is 8.93. The third-order valence-corrected chi connectivity index (χ3v) is 6.69. The Morgan fingerprint density at radius 3 is 2.41 bits per heavy atom. The molecule has 2 aromatic rings. The molecule has 0 unspecified atom stereocenters. The van der Waals surface area contributed by atoms with Crippen molar-refractivity contribution in [2.75, 3.05) is 21.3 Å². The Balaban J connectivity index is 1.76. The van der Waals surface area contributed by atoms with Gasteiger partial charge in [-0.15, -0.1) is 0 Å². The molecule has 1 amide bonds. The fourth-order valence-electron chi connectivity index (χ4n) is 4.57. The number of benzene rings is 2. The van der Waals surface area contributed by atoms with Crippen LogP contribution < -0.4 is 19.5 Å². The highest BCUT2D eigenvalue weighted by Gasteiger charge is 2.39. The van der Waals surface area contributed by atoms with E-state index in [1.807, 2.05) is 18.2 Å². The monoisotopic (exact) mass is 501 g/mol. The molecule has 32 heavy (non-hydrogen) atoms. The third kappa shape index (κ3) is 3.95. The zero-order valence-electron chi connectivity index (χ0n) is 18.0. The summed E-state index contributed by atoms with van der Waals surface area (Å²) < 4.78 is 16.6. The summed E-state index contributed by atoms with van der Waals surface area (Å²) in [4.78, 5) is 26.0. The standard InChI is InChI=1S/C24H24BrNO6/c1-30-14-4-5-20(31-2)15(10-14)13-7-18-23(19(27)8-13)16(11-22(28)26-18)12-6-17(25)24(29)21(9-12)32-3/h4-6,9-10,13,16,29H,7-8,11H2,1-3H3,(H,26,28)/t13-,16+/m1/s1. The van der Waals surface area contributed by atoms with Crippen molar-refractivity contribution < 1.29 is 28.9 Å². The summed E-state index contributed by atoms with van der Waals surface area (Å²) in [6.45, 7) is 0. The molecular formula is C24H24BrNO6. The SMILES string of the molecule is COc1ccc(OC)c([C@H]2CC(=O)C3=C(C2)NC(=O)C[C@H]3c2cc(Br)c(O)c(OC)c2)c1. The van der Waals surface area contributed by atoms with Crippen molar-refractivity contribution in [3.05, 3.63) is 57.2 Å². The zero-order valence-corrected chi connectivity index (χ0v) is 19.6. The molecule has 1 aliphatic carbocycles. The molecule has 1 aliphatic heterocycles. The minimum atomic E-state index is -0.412. The minimum Gasteiger partial charge on any atom is -0.503 e. The van der Waals surface area contributed by atoms with Crippen molar-refractivity contribution in [3.63, 3.8) is 0 Å². The maximum absolute atomic E-state index is 13.4. The molecule has 1 heterocycles. The number of phenols is 1. The Kier molecular flexibility index (Phi) is 6.15. The van der Waals surface area contributed by atoms with E-state index in [-0.39, 0.29) is 35.5 Å². The number of hydrogen-bond donors (Lipinski definition) is 2. The molecular weight excluding hydrogens is 478 g/mol. The first-order chi connectivity index (χ1) is 15.4. The number of ether oxygens (including phenoxy) is 3. The summed E-state index contributed by atoms with van der Waals surface area (Å²) in [5.41, 5.74) is 2.86. The Morgan fingerprint density at radius 2 is 1.72 bits per heavy atom. The van der Waals surface area contributed by atoms with E-state index in [9.17, 15) is 14.7 Å². The maximum Gasteiger partial charge on any atom is 0.225 e. The molecule has 0 fully saturated rings. The lowest BCUT2D eigenvalue weighted by atomic mass is 9.73. The van der Waals surface area contributed by atoms with E-state index in [1.165, 1.54) is 7.11 Å². The van der Waals surface area contributed by atoms with Gasteiger partial charge >= 0.3 is 0 Å². The lowest BCUT2D eigenvalue weighted by Gasteiger charge is -2.35. The number of phenolic OH excluding ortho intramolecular Hbond substituents is 1. The Labute approximate surface area is 194 Å². The van der Waals surface area contributed by atoms with Crippen LogP contribution >= 0.6 is 15.9 Å². The van der Waals surface area contributed by atoms with Crippen LogP contribution in [0.3, 0.4) is 0 Å². The molecule has 2 aliphatic rings. The van der Waals surface area contributed by atoms with Crippen molar-refractivity contribution in [1.82, 2.24) is 5.32 Å². The summed E-state index contributed by atoms with van der Waals surface area (Å²) >= 11 is 3.33. The highest BCUT2D eigenvalue weighted by atomic mass is 79.9. The van der Waals surface area contributed by atoms with Crippen LogP contribution in [0.25, 0.3) is 0 Å². The molecule has 0 saturated carbocycles. The molecule has 8 heteroatoms. The first kappa shape index (κ1) is 22.2. The fourth-order valence-corrected chi connectivity index (χ4v) is 5.03. The highest BCUT2D eigenvalue weighted by molar-refractivity contribution is 9.10. The number of nitrogens with one attached hydrogen (secondary N) is 1. The van der Waals surface area contributed by atoms with Gasteiger partial charge in [-0.3, -0.25) is 9.59 Å². The van der Waals surface area contributed by atoms with Crippen molar-refractivity contribution in [3.8, 4) is 23.0 Å². The average molecular weight is 502 g/mol. The number of amides is 1. The second-order valence-electron chi connectivity index (χ2n) is 7.89. The van der Waals surface area contributed by atoms with Crippen LogP contribution in [0.2, 0.25) is 0 Å². The van der Waals surface area contributed by atoms with Crippen molar-refractivity contribution in [1.29, 1.82) is 0 Å². The molecule has 2 N–H and O–H groups in total. The van der Waals surface area contributed by atoms with Gasteiger partial charge in [-0.25, -0.2) is 0 Å². The second-order valence-corrected chi connectivity index (χ2v) is 8.74. The smallest absolute Gasteiger partial charge is 0.225 e. The van der Waals surface area contributed by atoms with Crippen LogP contribution in [0, 0.1) is 0 Å². The highest BCUT2D eigenvalue weighted by Crippen LogP contribution is 2.47. The van der Waals surface area contributed by atoms with E-state index in [0.29, 0.717) is 40.1 Å². The van der Waals surface area contributed by atoms with E-state index in [4.69, 9.17) is 14.2 Å². The van der Waals surface area contributed by atoms with Gasteiger partial charge < -0.3 is 24.6 Å². The number of carbonyl (C=O) groups is 2. The first-order valence-electron chi connectivity index (χ1n) is 10.2. The number of ketones is 1. The van der Waals surface area contributed by atoms with Crippen LogP contribution in [-0.2, 0) is 9.59 Å². The minimum absolute atomic E-state index is 0.0192. The number of Topliss-reactive ketones (excluding diaryl/α,β-unsaturated/α-hetero) is 1. The summed E-state index contributed by atoms with van der Waals surface area (Å²) in [5, 5.41) is 13.1. The van der Waals surface area contributed by atoms with Crippen molar-refractivity contribution in [2.24, 2.45) is 0 Å². The fraction of sp³-hybridized carbons (Fsp3) is 0.333. The van der Waals surface area contributed by atoms with Crippen LogP contribution in [0.5, 0.6) is 23.0 Å². The van der Waals surface area contributed by atoms with Gasteiger partial charge in [0.1, 0.15) is 11.5 Å². The third-order valence-electron chi connectivity index (χ3n) is 6.09. The van der Waals surface area contributed by atoms with Gasteiger partial charge in [-0.05, 0) is 58.2 Å². The van der Waals surface area contributed by atoms with Crippen molar-refractivity contribution in [2.45, 2.75) is 31.1 Å². The van der Waals surface area contributed by atoms with E-state index in [1.54, 1.807) is 26.4 Å². The molecule has 168 valence electrons. The number of carbonyl (C=O) groups excluding carboxylic acids is 2. The predicted molar refractivity (Wildman–Crippen MR) is 121 cm³/mol. The largest absolute Gasteiger partial charge is 0.503 e. The quantitative estimate of drug-likeness (QED) is 0.637. The molecule has 0 radical (unpaired) electrons. The Hall–Kier alpha value is -3.00. The first-order valence-corrected chi connectivity index (χ1v) is 11.0. The van der Waals surface area contributed by atoms with E-state index >= 15 is 0 Å². The second kappa shape index (κ2) is 8.86. The molecule has 0 spiro atoms. The van der Waals surface area contributed by atoms with Gasteiger partial charge in [0.15, 0.2) is 17.3 Å². The lowest BCUT2D eigenvalue weighted by molar-refractivity contribution is -0.122. The summed E-state index contributed by atoms with van der Waals surface area (Å²) in [7, 11) is 4.64. The van der Waals surface area contributed by atoms with Crippen LogP contribution in [0.15, 0.2) is 46.1 Å². The van der Waals surface area contributed by atoms with E-state index < -0.39 is 5.92 Å². The predicted octanol–water partition coefficient (Wildman–Crippen LogP) is 4.18. The van der Waals surface area contributed by atoms with Gasteiger partial charge in [0.05, 0.1) is 25.8 Å². The Morgan fingerprint density at radius 1 is 0.969 bits per heavy atom. The summed E-state index contributed by atoms with van der Waals surface area (Å²) in [5.74, 6) is 0.891. The van der Waals surface area contributed by atoms with Crippen molar-refractivity contribution >= 4 is 27.6 Å². The lowest BCUT2D eigenvalue weighted by Crippen LogP contribution is -2.38. The van der Waals surface area contributed by atoms with E-state index in [0.717, 1.165) is 11.1 Å². The van der Waals surface area contributed by atoms with Crippen LogP contribution in [-0.4, -0.2) is 38.1 Å². The van der Waals surface area contributed by atoms with Gasteiger partial charge in [-0.2, -0.15) is 0 Å². The molecule has 0 saturated heterocycles. The van der Waals surface area contributed by atoms with Gasteiger partial charge in [0, 0.05) is 41.5 Å². The van der Waals surface area contributed by atoms with Crippen LogP contribution in [0.4, 0.5) is 0 Å². The number of methoxy groups -OCH3 is 3. The Bertz CT molecular complexity index is 1130. The number of halogens is 1. The number of aromatic hydroxyl groups is 1. The average Bonchev–Trinajstić information content (AvgIpc) is 2.79. The number of hydrogen-bond acceptors (Lipinski definition) is 6. The maximum atomic E-state index is 13.4. The molecule has 2 aromatic carbocycles. The molecule has 2 atom stereocenters. The topological polar surface area (TPSA) is 94.1 Å². The molecule has 7 nitrogen and oxygen atoms in total. The molecule has 0 bridgehead atoms. The number of rotatable bonds is 5. The molecule has 0 aromatic heterocycles. The zero-order chi connectivity index (χ0) is 23.0. The van der Waals surface area contributed by atoms with E-state index in [2.05, 4.69) is 21.2 Å². The van der Waals surface area contributed by atoms with Crippen LogP contribution in [0.1, 0.15) is 42.2 Å². The number of allylic oxidation sites excluding steroid dienone is 2. The summed E-state index contributed by atoms with van der Waals surface area (Å²) in [6.07, 6.45) is 0.951.